The van der Waals surface area contributed by atoms with Crippen LogP contribution in [0.3, 0.4) is 0 Å². The minimum Gasteiger partial charge on any atom is -0.356 e. The van der Waals surface area contributed by atoms with Crippen LogP contribution in [-0.4, -0.2) is 37.5 Å². The van der Waals surface area contributed by atoms with Crippen molar-refractivity contribution in [3.8, 4) is 0 Å². The second-order valence-corrected chi connectivity index (χ2v) is 5.36. The molecule has 102 valence electrons. The molecule has 1 saturated heterocycles. The molecule has 1 heterocycles. The van der Waals surface area contributed by atoms with Crippen LogP contribution in [0.4, 0.5) is 0 Å². The lowest BCUT2D eigenvalue weighted by Crippen LogP contribution is -2.29. The van der Waals surface area contributed by atoms with Gasteiger partial charge in [0.05, 0.1) is 0 Å². The second-order valence-electron chi connectivity index (χ2n) is 5.36. The monoisotopic (exact) mass is 253 g/mol. The molecule has 0 aromatic heterocycles. The van der Waals surface area contributed by atoms with Crippen LogP contribution in [-0.2, 0) is 9.59 Å². The van der Waals surface area contributed by atoms with Gasteiger partial charge in [-0.1, -0.05) is 0 Å². The Labute approximate surface area is 108 Å². The lowest BCUT2D eigenvalue weighted by Gasteiger charge is -2.09. The van der Waals surface area contributed by atoms with Crippen molar-refractivity contribution in [2.75, 3.05) is 19.6 Å². The normalized spacial score (nSPS) is 22.8. The van der Waals surface area contributed by atoms with Gasteiger partial charge in [0.15, 0.2) is 0 Å². The van der Waals surface area contributed by atoms with Crippen molar-refractivity contribution in [1.29, 1.82) is 0 Å². The van der Waals surface area contributed by atoms with Gasteiger partial charge in [-0.2, -0.15) is 0 Å². The van der Waals surface area contributed by atoms with Crippen molar-refractivity contribution in [1.82, 2.24) is 16.0 Å². The van der Waals surface area contributed by atoms with Gasteiger partial charge in [0, 0.05) is 25.4 Å². The van der Waals surface area contributed by atoms with Gasteiger partial charge in [-0.3, -0.25) is 9.59 Å². The molecule has 18 heavy (non-hydrogen) atoms. The summed E-state index contributed by atoms with van der Waals surface area (Å²) in [5.74, 6) is 0.723. The molecule has 2 rings (SSSR count). The van der Waals surface area contributed by atoms with Crippen LogP contribution in [0.2, 0.25) is 0 Å². The number of amides is 2. The van der Waals surface area contributed by atoms with Crippen molar-refractivity contribution in [3.63, 3.8) is 0 Å². The molecule has 2 aliphatic rings. The quantitative estimate of drug-likeness (QED) is 0.566. The number of hydrogen-bond acceptors (Lipinski definition) is 3. The summed E-state index contributed by atoms with van der Waals surface area (Å²) in [7, 11) is 0. The molecule has 1 unspecified atom stereocenters. The largest absolute Gasteiger partial charge is 0.356 e. The van der Waals surface area contributed by atoms with E-state index < -0.39 is 0 Å². The van der Waals surface area contributed by atoms with E-state index in [0.717, 1.165) is 38.8 Å². The predicted molar refractivity (Wildman–Crippen MR) is 69.0 cm³/mol. The van der Waals surface area contributed by atoms with E-state index in [9.17, 15) is 9.59 Å². The van der Waals surface area contributed by atoms with E-state index >= 15 is 0 Å². The van der Waals surface area contributed by atoms with Gasteiger partial charge < -0.3 is 16.0 Å². The number of rotatable bonds is 7. The Morgan fingerprint density at radius 2 is 2.00 bits per heavy atom. The number of nitrogens with one attached hydrogen (secondary N) is 3. The standard InChI is InChI=1S/C13H23N3O2/c17-12(16-11-3-4-11)2-1-6-15-13(18)8-10-5-7-14-9-10/h10-11,14H,1-9H2,(H,15,18)(H,16,17). The topological polar surface area (TPSA) is 70.2 Å². The smallest absolute Gasteiger partial charge is 0.220 e. The highest BCUT2D eigenvalue weighted by Gasteiger charge is 2.22. The summed E-state index contributed by atoms with van der Waals surface area (Å²) in [5, 5.41) is 9.08. The maximum absolute atomic E-state index is 11.6. The highest BCUT2D eigenvalue weighted by atomic mass is 16.2. The van der Waals surface area contributed by atoms with Crippen molar-refractivity contribution in [2.45, 2.75) is 44.6 Å². The second kappa shape index (κ2) is 6.73. The molecule has 1 aliphatic carbocycles. The van der Waals surface area contributed by atoms with Crippen LogP contribution >= 0.6 is 0 Å². The van der Waals surface area contributed by atoms with Crippen LogP contribution in [0, 0.1) is 5.92 Å². The third-order valence-corrected chi connectivity index (χ3v) is 3.48. The molecule has 3 N–H and O–H groups in total. The molecule has 5 heteroatoms. The maximum Gasteiger partial charge on any atom is 0.220 e. The summed E-state index contributed by atoms with van der Waals surface area (Å²) >= 11 is 0. The molecular formula is C13H23N3O2. The Bertz CT molecular complexity index is 297. The first-order valence-corrected chi connectivity index (χ1v) is 7.01. The molecule has 0 aromatic carbocycles. The highest BCUT2D eigenvalue weighted by Crippen LogP contribution is 2.18. The van der Waals surface area contributed by atoms with Crippen LogP contribution in [0.25, 0.3) is 0 Å². The number of carbonyl (C=O) groups is 2. The minimum atomic E-state index is 0.117. The SMILES string of the molecule is O=C(CC1CCNC1)NCCCC(=O)NC1CC1. The Morgan fingerprint density at radius 1 is 1.17 bits per heavy atom. The average molecular weight is 253 g/mol. The van der Waals surface area contributed by atoms with E-state index in [1.165, 1.54) is 0 Å². The van der Waals surface area contributed by atoms with Crippen LogP contribution in [0.1, 0.15) is 38.5 Å². The third kappa shape index (κ3) is 5.04. The third-order valence-electron chi connectivity index (χ3n) is 3.48. The first-order valence-electron chi connectivity index (χ1n) is 7.01. The zero-order chi connectivity index (χ0) is 12.8. The Kier molecular flexibility index (Phi) is 4.99. The van der Waals surface area contributed by atoms with Gasteiger partial charge in [0.2, 0.25) is 11.8 Å². The predicted octanol–water partition coefficient (Wildman–Crippen LogP) is 0.161. The zero-order valence-corrected chi connectivity index (χ0v) is 10.8. The molecule has 0 spiro atoms. The fourth-order valence-electron chi connectivity index (χ4n) is 2.23. The fourth-order valence-corrected chi connectivity index (χ4v) is 2.23. The van der Waals surface area contributed by atoms with E-state index in [2.05, 4.69) is 16.0 Å². The van der Waals surface area contributed by atoms with Gasteiger partial charge >= 0.3 is 0 Å². The molecule has 0 bridgehead atoms. The van der Waals surface area contributed by atoms with E-state index in [1.807, 2.05) is 0 Å². The van der Waals surface area contributed by atoms with Gasteiger partial charge in [-0.05, 0) is 44.7 Å². The maximum atomic E-state index is 11.6. The summed E-state index contributed by atoms with van der Waals surface area (Å²) in [6.45, 7) is 2.59. The van der Waals surface area contributed by atoms with Crippen LogP contribution in [0.5, 0.6) is 0 Å². The lowest BCUT2D eigenvalue weighted by molar-refractivity contribution is -0.123. The van der Waals surface area contributed by atoms with E-state index in [0.29, 0.717) is 31.3 Å². The van der Waals surface area contributed by atoms with Gasteiger partial charge in [-0.25, -0.2) is 0 Å². The van der Waals surface area contributed by atoms with Crippen molar-refractivity contribution in [3.05, 3.63) is 0 Å². The summed E-state index contributed by atoms with van der Waals surface area (Å²) in [4.78, 5) is 23.0. The summed E-state index contributed by atoms with van der Waals surface area (Å²) < 4.78 is 0. The molecule has 2 amide bonds. The first kappa shape index (κ1) is 13.3. The van der Waals surface area contributed by atoms with Gasteiger partial charge in [0.25, 0.3) is 0 Å². The minimum absolute atomic E-state index is 0.117. The zero-order valence-electron chi connectivity index (χ0n) is 10.8. The van der Waals surface area contributed by atoms with E-state index in [4.69, 9.17) is 0 Å². The molecule has 1 saturated carbocycles. The van der Waals surface area contributed by atoms with Gasteiger partial charge in [0.1, 0.15) is 0 Å². The van der Waals surface area contributed by atoms with Crippen molar-refractivity contribution < 1.29 is 9.59 Å². The molecule has 1 aliphatic heterocycles. The number of carbonyl (C=O) groups excluding carboxylic acids is 2. The summed E-state index contributed by atoms with van der Waals surface area (Å²) in [6, 6.07) is 0.432. The van der Waals surface area contributed by atoms with E-state index in [1.54, 1.807) is 0 Å². The van der Waals surface area contributed by atoms with Crippen LogP contribution < -0.4 is 16.0 Å². The Morgan fingerprint density at radius 3 is 2.67 bits per heavy atom. The fraction of sp³-hybridized carbons (Fsp3) is 0.846. The van der Waals surface area contributed by atoms with E-state index in [-0.39, 0.29) is 11.8 Å². The lowest BCUT2D eigenvalue weighted by atomic mass is 10.0. The van der Waals surface area contributed by atoms with Crippen molar-refractivity contribution >= 4 is 11.8 Å². The molecule has 0 radical (unpaired) electrons. The molecule has 2 fully saturated rings. The Balaban J connectivity index is 1.46. The average Bonchev–Trinajstić information content (AvgIpc) is 2.99. The van der Waals surface area contributed by atoms with Crippen LogP contribution in [0.15, 0.2) is 0 Å². The molecule has 0 aromatic rings. The molecule has 1 atom stereocenters. The van der Waals surface area contributed by atoms with Crippen molar-refractivity contribution in [2.24, 2.45) is 5.92 Å². The first-order chi connectivity index (χ1) is 8.74. The summed E-state index contributed by atoms with van der Waals surface area (Å²) in [6.07, 6.45) is 5.20. The Hall–Kier alpha value is -1.10. The molecule has 5 nitrogen and oxygen atoms in total. The highest BCUT2D eigenvalue weighted by molar-refractivity contribution is 5.77. The van der Waals surface area contributed by atoms with Gasteiger partial charge in [-0.15, -0.1) is 0 Å². The summed E-state index contributed by atoms with van der Waals surface area (Å²) in [5.41, 5.74) is 0. The molecular weight excluding hydrogens is 230 g/mol. The number of hydrogen-bond donors (Lipinski definition) is 3.